The first-order chi connectivity index (χ1) is 15.1. The van der Waals surface area contributed by atoms with Crippen LogP contribution in [0.5, 0.6) is 0 Å². The number of hydrogen-bond donors (Lipinski definition) is 2. The molecule has 1 fully saturated rings. The zero-order valence-corrected chi connectivity index (χ0v) is 18.5. The molecule has 0 heterocycles. The van der Waals surface area contributed by atoms with Crippen molar-refractivity contribution in [1.82, 2.24) is 0 Å². The molecule has 1 aliphatic carbocycles. The van der Waals surface area contributed by atoms with Crippen LogP contribution in [0.2, 0.25) is 0 Å². The smallest absolute Gasteiger partial charge is 0.255 e. The Balaban J connectivity index is 1.91. The van der Waals surface area contributed by atoms with E-state index in [2.05, 4.69) is 5.32 Å². The van der Waals surface area contributed by atoms with Gasteiger partial charge >= 0.3 is 0 Å². The van der Waals surface area contributed by atoms with Crippen LogP contribution in [-0.2, 0) is 14.6 Å². The Kier molecular flexibility index (Phi) is 7.14. The van der Waals surface area contributed by atoms with Crippen LogP contribution < -0.4 is 11.1 Å². The van der Waals surface area contributed by atoms with Crippen LogP contribution in [0.4, 0.5) is 24.5 Å². The van der Waals surface area contributed by atoms with Crippen LogP contribution in [0.3, 0.4) is 0 Å². The van der Waals surface area contributed by atoms with Gasteiger partial charge in [-0.2, -0.15) is 0 Å². The summed E-state index contributed by atoms with van der Waals surface area (Å²) in [5.74, 6) is -5.59. The molecule has 2 aromatic rings. The minimum absolute atomic E-state index is 0.00464. The van der Waals surface area contributed by atoms with Gasteiger partial charge in [-0.15, -0.1) is 0 Å². The maximum atomic E-state index is 13.5. The third-order valence-electron chi connectivity index (χ3n) is 5.89. The van der Waals surface area contributed by atoms with E-state index in [1.54, 1.807) is 7.11 Å². The minimum Gasteiger partial charge on any atom is -0.398 e. The van der Waals surface area contributed by atoms with Crippen LogP contribution in [0.25, 0.3) is 0 Å². The van der Waals surface area contributed by atoms with Crippen molar-refractivity contribution < 1.29 is 31.1 Å². The van der Waals surface area contributed by atoms with E-state index in [1.165, 1.54) is 12.1 Å². The third kappa shape index (κ3) is 4.75. The normalized spacial score (nSPS) is 21.0. The van der Waals surface area contributed by atoms with Gasteiger partial charge in [0.25, 0.3) is 5.91 Å². The highest BCUT2D eigenvalue weighted by Crippen LogP contribution is 2.41. The van der Waals surface area contributed by atoms with Crippen LogP contribution >= 0.6 is 0 Å². The maximum absolute atomic E-state index is 13.5. The van der Waals surface area contributed by atoms with E-state index in [9.17, 15) is 26.4 Å². The first-order valence-corrected chi connectivity index (χ1v) is 11.7. The molecule has 6 nitrogen and oxygen atoms in total. The summed E-state index contributed by atoms with van der Waals surface area (Å²) in [6, 6.07) is 5.03. The first-order valence-electron chi connectivity index (χ1n) is 10.1. The monoisotopic (exact) mass is 470 g/mol. The molecule has 0 aromatic heterocycles. The van der Waals surface area contributed by atoms with Gasteiger partial charge in [-0.05, 0) is 49.3 Å². The summed E-state index contributed by atoms with van der Waals surface area (Å²) in [6.07, 6.45) is 2.09. The number of carbonyl (C=O) groups excluding carboxylic acids is 1. The van der Waals surface area contributed by atoms with E-state index in [4.69, 9.17) is 10.5 Å². The summed E-state index contributed by atoms with van der Waals surface area (Å²) < 4.78 is 72.1. The summed E-state index contributed by atoms with van der Waals surface area (Å²) in [6.45, 7) is 2.31. The minimum atomic E-state index is -3.88. The predicted molar refractivity (Wildman–Crippen MR) is 114 cm³/mol. The molecule has 2 aromatic carbocycles. The second-order valence-corrected chi connectivity index (χ2v) is 10.1. The van der Waals surface area contributed by atoms with E-state index in [0.29, 0.717) is 25.2 Å². The van der Waals surface area contributed by atoms with Crippen molar-refractivity contribution >= 4 is 27.1 Å². The molecule has 0 radical (unpaired) electrons. The summed E-state index contributed by atoms with van der Waals surface area (Å²) in [4.78, 5) is 12.4. The van der Waals surface area contributed by atoms with Crippen molar-refractivity contribution in [3.8, 4) is 0 Å². The van der Waals surface area contributed by atoms with Crippen LogP contribution in [0.15, 0.2) is 35.2 Å². The highest BCUT2D eigenvalue weighted by atomic mass is 32.2. The fourth-order valence-electron chi connectivity index (χ4n) is 4.31. The molecule has 174 valence electrons. The highest BCUT2D eigenvalue weighted by Gasteiger charge is 2.43. The summed E-state index contributed by atoms with van der Waals surface area (Å²) in [7, 11) is -2.32. The lowest BCUT2D eigenvalue weighted by atomic mass is 10.0. The summed E-state index contributed by atoms with van der Waals surface area (Å²) in [5.41, 5.74) is 5.60. The van der Waals surface area contributed by atoms with Gasteiger partial charge in [-0.3, -0.25) is 4.79 Å². The molecule has 1 amide bonds. The van der Waals surface area contributed by atoms with Gasteiger partial charge < -0.3 is 15.8 Å². The van der Waals surface area contributed by atoms with Gasteiger partial charge in [0.05, 0.1) is 15.8 Å². The molecule has 0 aliphatic heterocycles. The molecule has 0 saturated heterocycles. The van der Waals surface area contributed by atoms with Crippen LogP contribution in [0, 0.1) is 29.3 Å². The molecular weight excluding hydrogens is 445 g/mol. The summed E-state index contributed by atoms with van der Waals surface area (Å²) >= 11 is 0. The number of anilines is 2. The van der Waals surface area contributed by atoms with Gasteiger partial charge in [-0.1, -0.05) is 6.92 Å². The topological polar surface area (TPSA) is 98.5 Å². The van der Waals surface area contributed by atoms with Crippen molar-refractivity contribution in [2.75, 3.05) is 24.8 Å². The average molecular weight is 471 g/mol. The zero-order valence-electron chi connectivity index (χ0n) is 17.7. The van der Waals surface area contributed by atoms with Crippen molar-refractivity contribution in [2.24, 2.45) is 11.8 Å². The molecule has 2 unspecified atom stereocenters. The van der Waals surface area contributed by atoms with E-state index >= 15 is 0 Å². The molecule has 0 spiro atoms. The standard InChI is InChI=1S/C22H25F3N2O4S/c1-12-3-4-13(7-8-31-2)21(12)32(29,30)19-9-14(5-6-18(19)26)22(28)27-15-10-16(23)20(25)17(24)11-15/h5-6,9-13,21H,3-4,7-8,26H2,1-2H3,(H,27,28)/t12?,13-,21?/m0/s1. The Bertz CT molecular complexity index is 1100. The summed E-state index contributed by atoms with van der Waals surface area (Å²) in [5, 5.41) is 1.57. The second kappa shape index (κ2) is 9.50. The lowest BCUT2D eigenvalue weighted by Gasteiger charge is -2.24. The second-order valence-electron chi connectivity index (χ2n) is 8.07. The number of benzene rings is 2. The molecule has 3 rings (SSSR count). The molecule has 32 heavy (non-hydrogen) atoms. The van der Waals surface area contributed by atoms with E-state index in [0.717, 1.165) is 18.9 Å². The quantitative estimate of drug-likeness (QED) is 0.468. The molecule has 3 N–H and O–H groups in total. The van der Waals surface area contributed by atoms with Gasteiger partial charge in [0.15, 0.2) is 27.3 Å². The number of sulfone groups is 1. The Hall–Kier alpha value is -2.59. The zero-order chi connectivity index (χ0) is 23.6. The van der Waals surface area contributed by atoms with E-state index in [1.807, 2.05) is 6.92 Å². The number of halogens is 3. The Labute approximate surface area is 184 Å². The van der Waals surface area contributed by atoms with Gasteiger partial charge in [0.2, 0.25) is 0 Å². The third-order valence-corrected chi connectivity index (χ3v) is 8.43. The number of nitrogens with two attached hydrogens (primary N) is 1. The SMILES string of the molecule is COCC[C@@H]1CCC(C)C1S(=O)(=O)c1cc(C(=O)Nc2cc(F)c(F)c(F)c2)ccc1N. The number of hydrogen-bond acceptors (Lipinski definition) is 5. The Morgan fingerprint density at radius 2 is 1.81 bits per heavy atom. The molecule has 10 heteroatoms. The molecule has 1 aliphatic rings. The number of nitrogens with one attached hydrogen (secondary N) is 1. The highest BCUT2D eigenvalue weighted by molar-refractivity contribution is 7.92. The van der Waals surface area contributed by atoms with Crippen molar-refractivity contribution in [3.05, 3.63) is 53.3 Å². The largest absolute Gasteiger partial charge is 0.398 e. The Morgan fingerprint density at radius 1 is 1.16 bits per heavy atom. The van der Waals surface area contributed by atoms with E-state index < -0.39 is 38.4 Å². The molecular formula is C22H25F3N2O4S. The first kappa shape index (κ1) is 24.1. The predicted octanol–water partition coefficient (Wildman–Crippen LogP) is 4.16. The maximum Gasteiger partial charge on any atom is 0.255 e. The number of amides is 1. The van der Waals surface area contributed by atoms with Gasteiger partial charge in [0.1, 0.15) is 0 Å². The fraction of sp³-hybridized carbons (Fsp3) is 0.409. The lowest BCUT2D eigenvalue weighted by molar-refractivity contribution is 0.102. The number of nitrogen functional groups attached to an aromatic ring is 1. The van der Waals surface area contributed by atoms with Crippen molar-refractivity contribution in [1.29, 1.82) is 0 Å². The number of ether oxygens (including phenoxy) is 1. The molecule has 1 saturated carbocycles. The number of carbonyl (C=O) groups is 1. The molecule has 0 bridgehead atoms. The van der Waals surface area contributed by atoms with Crippen molar-refractivity contribution in [3.63, 3.8) is 0 Å². The van der Waals surface area contributed by atoms with Crippen LogP contribution in [0.1, 0.15) is 36.5 Å². The van der Waals surface area contributed by atoms with Gasteiger partial charge in [-0.25, -0.2) is 21.6 Å². The fourth-order valence-corrected chi connectivity index (χ4v) is 6.81. The van der Waals surface area contributed by atoms with Crippen LogP contribution in [-0.4, -0.2) is 33.3 Å². The Morgan fingerprint density at radius 3 is 2.44 bits per heavy atom. The molecule has 3 atom stereocenters. The van der Waals surface area contributed by atoms with E-state index in [-0.39, 0.29) is 33.7 Å². The number of methoxy groups -OCH3 is 1. The van der Waals surface area contributed by atoms with Crippen molar-refractivity contribution in [2.45, 2.75) is 36.3 Å². The average Bonchev–Trinajstić information content (AvgIpc) is 3.11. The lowest BCUT2D eigenvalue weighted by Crippen LogP contribution is -2.31. The van der Waals surface area contributed by atoms with Gasteiger partial charge in [0, 0.05) is 37.1 Å². The number of rotatable bonds is 7.